The van der Waals surface area contributed by atoms with Gasteiger partial charge in [0.15, 0.2) is 0 Å². The van der Waals surface area contributed by atoms with Gasteiger partial charge in [-0.3, -0.25) is 9.98 Å². The molecule has 0 heterocycles. The Morgan fingerprint density at radius 2 is 1.00 bits per heavy atom. The minimum Gasteiger partial charge on any atom is -0.858 e. The summed E-state index contributed by atoms with van der Waals surface area (Å²) in [5, 5.41) is 21.4. The van der Waals surface area contributed by atoms with E-state index in [9.17, 15) is 10.2 Å². The zero-order valence-corrected chi connectivity index (χ0v) is 10.00. The molecule has 0 rings (SSSR count). The standard InChI is InChI=1S/C6H14N4O2.Ni.4H2O/c7-1-3-9-5(11)6(12)10-4-2-8;;;;;/h1-4,7-8H2,(H,9,11)(H,10,12);;4*1H2/q;+2;;;;/p-2. The number of nitrogens with zero attached hydrogens (tertiary/aromatic N) is 2. The predicted octanol–water partition coefficient (Wildman–Crippen LogP) is -6.88. The summed E-state index contributed by atoms with van der Waals surface area (Å²) < 4.78 is 0. The molecule has 0 spiro atoms. The molecule has 0 aromatic rings. The van der Waals surface area contributed by atoms with E-state index >= 15 is 0 Å². The van der Waals surface area contributed by atoms with Crippen LogP contribution in [0.1, 0.15) is 0 Å². The van der Waals surface area contributed by atoms with Gasteiger partial charge in [-0.05, 0) is 11.8 Å². The molecule has 11 heteroatoms. The van der Waals surface area contributed by atoms with Crippen LogP contribution in [0.4, 0.5) is 0 Å². The van der Waals surface area contributed by atoms with Crippen LogP contribution in [0.5, 0.6) is 0 Å². The van der Waals surface area contributed by atoms with E-state index < -0.39 is 11.8 Å². The molecule has 0 radical (unpaired) electrons. The Bertz CT molecular complexity index is 171. The molecule has 10 nitrogen and oxygen atoms in total. The zero-order valence-electron chi connectivity index (χ0n) is 9.01. The SMILES string of the molecule is NCCN=C([O-])C([O-])=NCCN.O.O.O.O.[Ni+2]. The third-order valence-electron chi connectivity index (χ3n) is 0.952. The smallest absolute Gasteiger partial charge is 0.858 e. The number of aliphatic imine (C=N–C) groups is 2. The molecular formula is C6H20N4NiO6. The fourth-order valence-corrected chi connectivity index (χ4v) is 0.467. The van der Waals surface area contributed by atoms with Gasteiger partial charge in [0.25, 0.3) is 0 Å². The molecule has 0 unspecified atom stereocenters. The molecule has 0 aliphatic rings. The van der Waals surface area contributed by atoms with Crippen molar-refractivity contribution >= 4 is 11.8 Å². The average molecular weight is 303 g/mol. The molecule has 0 aliphatic heterocycles. The first-order valence-corrected chi connectivity index (χ1v) is 3.55. The Hall–Kier alpha value is -0.806. The summed E-state index contributed by atoms with van der Waals surface area (Å²) in [6.07, 6.45) is 0. The second-order valence-electron chi connectivity index (χ2n) is 1.95. The van der Waals surface area contributed by atoms with Crippen molar-refractivity contribution in [1.29, 1.82) is 0 Å². The first kappa shape index (κ1) is 36.0. The average Bonchev–Trinajstić information content (AvgIpc) is 2.10. The maximum atomic E-state index is 10.7. The van der Waals surface area contributed by atoms with Crippen LogP contribution < -0.4 is 21.7 Å². The minimum atomic E-state index is -0.853. The van der Waals surface area contributed by atoms with Crippen LogP contribution in [-0.2, 0) is 16.5 Å². The molecular weight excluding hydrogens is 283 g/mol. The van der Waals surface area contributed by atoms with Crippen LogP contribution in [0.3, 0.4) is 0 Å². The van der Waals surface area contributed by atoms with Gasteiger partial charge < -0.3 is 43.6 Å². The van der Waals surface area contributed by atoms with Crippen molar-refractivity contribution in [3.05, 3.63) is 0 Å². The van der Waals surface area contributed by atoms with Crippen molar-refractivity contribution in [2.24, 2.45) is 21.5 Å². The van der Waals surface area contributed by atoms with Gasteiger partial charge in [-0.2, -0.15) is 0 Å². The van der Waals surface area contributed by atoms with Crippen LogP contribution in [0.2, 0.25) is 0 Å². The molecule has 0 aliphatic carbocycles. The summed E-state index contributed by atoms with van der Waals surface area (Å²) >= 11 is 0. The Morgan fingerprint density at radius 3 is 1.18 bits per heavy atom. The number of rotatable bonds is 4. The Morgan fingerprint density at radius 1 is 0.765 bits per heavy atom. The molecule has 0 aromatic carbocycles. The fraction of sp³-hybridized carbons (Fsp3) is 0.667. The topological polar surface area (TPSA) is 249 Å². The normalized spacial score (nSPS) is 9.53. The van der Waals surface area contributed by atoms with Crippen molar-refractivity contribution < 1.29 is 48.6 Å². The van der Waals surface area contributed by atoms with Crippen LogP contribution in [-0.4, -0.2) is 59.9 Å². The first-order valence-electron chi connectivity index (χ1n) is 3.55. The van der Waals surface area contributed by atoms with Crippen molar-refractivity contribution in [2.75, 3.05) is 26.2 Å². The van der Waals surface area contributed by atoms with Crippen molar-refractivity contribution in [2.45, 2.75) is 0 Å². The summed E-state index contributed by atoms with van der Waals surface area (Å²) in [5.41, 5.74) is 10.1. The zero-order chi connectivity index (χ0) is 9.40. The van der Waals surface area contributed by atoms with E-state index in [-0.39, 0.29) is 64.6 Å². The summed E-state index contributed by atoms with van der Waals surface area (Å²) in [6.45, 7) is 0.803. The van der Waals surface area contributed by atoms with Gasteiger partial charge in [-0.15, -0.1) is 0 Å². The van der Waals surface area contributed by atoms with Gasteiger partial charge >= 0.3 is 16.5 Å². The van der Waals surface area contributed by atoms with Crippen LogP contribution in [0.15, 0.2) is 9.98 Å². The molecule has 0 saturated carbocycles. The van der Waals surface area contributed by atoms with E-state index in [1.807, 2.05) is 0 Å². The predicted molar refractivity (Wildman–Crippen MR) is 57.2 cm³/mol. The van der Waals surface area contributed by atoms with Gasteiger partial charge in [0.1, 0.15) is 0 Å². The summed E-state index contributed by atoms with van der Waals surface area (Å²) in [6, 6.07) is 0. The van der Waals surface area contributed by atoms with Gasteiger partial charge in [0.05, 0.1) is 13.1 Å². The van der Waals surface area contributed by atoms with E-state index in [0.29, 0.717) is 0 Å². The van der Waals surface area contributed by atoms with Crippen LogP contribution in [0, 0.1) is 0 Å². The molecule has 0 fully saturated rings. The van der Waals surface area contributed by atoms with Gasteiger partial charge in [-0.25, -0.2) is 0 Å². The van der Waals surface area contributed by atoms with Gasteiger partial charge in [0, 0.05) is 13.1 Å². The summed E-state index contributed by atoms with van der Waals surface area (Å²) in [5.74, 6) is -1.71. The van der Waals surface area contributed by atoms with Crippen LogP contribution >= 0.6 is 0 Å². The quantitative estimate of drug-likeness (QED) is 0.291. The van der Waals surface area contributed by atoms with E-state index in [0.717, 1.165) is 0 Å². The fourth-order valence-electron chi connectivity index (χ4n) is 0.467. The van der Waals surface area contributed by atoms with E-state index in [4.69, 9.17) is 11.5 Å². The number of hydrogen-bond acceptors (Lipinski definition) is 6. The molecule has 0 amide bonds. The molecule has 0 aromatic heterocycles. The third kappa shape index (κ3) is 21.1. The summed E-state index contributed by atoms with van der Waals surface area (Å²) in [7, 11) is 0. The second-order valence-corrected chi connectivity index (χ2v) is 1.95. The largest absolute Gasteiger partial charge is 2.00 e. The van der Waals surface area contributed by atoms with E-state index in [1.54, 1.807) is 0 Å². The summed E-state index contributed by atoms with van der Waals surface area (Å²) in [4.78, 5) is 6.69. The van der Waals surface area contributed by atoms with Crippen molar-refractivity contribution in [3.63, 3.8) is 0 Å². The number of nitrogens with two attached hydrogens (primary N) is 2. The first-order chi connectivity index (χ1) is 5.72. The van der Waals surface area contributed by atoms with Crippen LogP contribution in [0.25, 0.3) is 0 Å². The monoisotopic (exact) mass is 302 g/mol. The Kier molecular flexibility index (Phi) is 51.7. The van der Waals surface area contributed by atoms with E-state index in [1.165, 1.54) is 0 Å². The molecule has 0 saturated heterocycles. The maximum absolute atomic E-state index is 10.7. The van der Waals surface area contributed by atoms with Crippen molar-refractivity contribution in [1.82, 2.24) is 0 Å². The van der Waals surface area contributed by atoms with Gasteiger partial charge in [-0.1, -0.05) is 0 Å². The molecule has 12 N–H and O–H groups in total. The molecule has 17 heavy (non-hydrogen) atoms. The van der Waals surface area contributed by atoms with E-state index in [2.05, 4.69) is 9.98 Å². The Labute approximate surface area is 109 Å². The van der Waals surface area contributed by atoms with Crippen molar-refractivity contribution in [3.8, 4) is 0 Å². The third-order valence-corrected chi connectivity index (χ3v) is 0.952. The maximum Gasteiger partial charge on any atom is 2.00 e. The Balaban J connectivity index is -0.0000000605. The van der Waals surface area contributed by atoms with Gasteiger partial charge in [0.2, 0.25) is 0 Å². The minimum absolute atomic E-state index is 0. The molecule has 110 valence electrons. The number of hydrogen-bond donors (Lipinski definition) is 2. The molecule has 0 bridgehead atoms. The second kappa shape index (κ2) is 24.4. The molecule has 0 atom stereocenters.